The molecule has 0 aliphatic rings. The SMILES string of the molecule is Cc1ccc(S(=O)(=O)c2c(N)[n+]([O-])c3ccc(C=O)cc3[n+]2[O-])cc1. The fourth-order valence-electron chi connectivity index (χ4n) is 2.45. The summed E-state index contributed by atoms with van der Waals surface area (Å²) in [6.45, 7) is 1.78. The van der Waals surface area contributed by atoms with Crippen molar-refractivity contribution in [1.82, 2.24) is 0 Å². The second kappa shape index (κ2) is 5.71. The van der Waals surface area contributed by atoms with Crippen LogP contribution >= 0.6 is 0 Å². The molecular formula is C16H13N3O5S. The Morgan fingerprint density at radius 2 is 1.64 bits per heavy atom. The summed E-state index contributed by atoms with van der Waals surface area (Å²) in [4.78, 5) is 10.7. The van der Waals surface area contributed by atoms with Gasteiger partial charge in [-0.3, -0.25) is 10.5 Å². The van der Waals surface area contributed by atoms with E-state index < -0.39 is 20.7 Å². The number of fused-ring (bicyclic) bond motifs is 1. The molecule has 128 valence electrons. The fourth-order valence-corrected chi connectivity index (χ4v) is 3.85. The zero-order valence-electron chi connectivity index (χ0n) is 13.0. The lowest BCUT2D eigenvalue weighted by atomic mass is 10.2. The number of aromatic nitrogens is 2. The summed E-state index contributed by atoms with van der Waals surface area (Å²) in [5.74, 6) is -0.734. The zero-order chi connectivity index (χ0) is 18.4. The molecule has 1 heterocycles. The van der Waals surface area contributed by atoms with Gasteiger partial charge in [0.25, 0.3) is 15.4 Å². The first-order valence-corrected chi connectivity index (χ1v) is 8.61. The van der Waals surface area contributed by atoms with Gasteiger partial charge in [0, 0.05) is 11.6 Å². The Bertz CT molecular complexity index is 1110. The van der Waals surface area contributed by atoms with E-state index in [9.17, 15) is 23.6 Å². The maximum Gasteiger partial charge on any atom is 0.403 e. The topological polar surface area (TPSA) is 131 Å². The quantitative estimate of drug-likeness (QED) is 0.415. The Balaban J connectivity index is 2.39. The number of rotatable bonds is 3. The molecular weight excluding hydrogens is 346 g/mol. The van der Waals surface area contributed by atoms with E-state index in [-0.39, 0.29) is 31.0 Å². The van der Waals surface area contributed by atoms with Gasteiger partial charge in [0.15, 0.2) is 0 Å². The van der Waals surface area contributed by atoms with Crippen LogP contribution in [0.4, 0.5) is 5.82 Å². The van der Waals surface area contributed by atoms with Crippen LogP contribution in [0.25, 0.3) is 11.0 Å². The van der Waals surface area contributed by atoms with E-state index in [4.69, 9.17) is 5.73 Å². The van der Waals surface area contributed by atoms with Gasteiger partial charge >= 0.3 is 10.8 Å². The number of carbonyl (C=O) groups excluding carboxylic acids is 1. The van der Waals surface area contributed by atoms with Gasteiger partial charge in [-0.05, 0) is 31.2 Å². The molecule has 0 spiro atoms. The summed E-state index contributed by atoms with van der Waals surface area (Å²) in [6.07, 6.45) is 0.485. The van der Waals surface area contributed by atoms with Crippen molar-refractivity contribution in [2.75, 3.05) is 5.73 Å². The third kappa shape index (κ3) is 2.54. The molecule has 0 atom stereocenters. The van der Waals surface area contributed by atoms with Gasteiger partial charge in [0.1, 0.15) is 6.29 Å². The van der Waals surface area contributed by atoms with E-state index in [0.29, 0.717) is 6.29 Å². The zero-order valence-corrected chi connectivity index (χ0v) is 13.9. The molecule has 25 heavy (non-hydrogen) atoms. The maximum atomic E-state index is 12.8. The average Bonchev–Trinajstić information content (AvgIpc) is 2.59. The highest BCUT2D eigenvalue weighted by Gasteiger charge is 2.37. The number of aldehydes is 1. The molecule has 2 aromatic carbocycles. The van der Waals surface area contributed by atoms with Crippen molar-refractivity contribution in [2.45, 2.75) is 16.8 Å². The molecule has 2 N–H and O–H groups in total. The molecule has 0 saturated heterocycles. The molecule has 9 heteroatoms. The molecule has 0 amide bonds. The van der Waals surface area contributed by atoms with Crippen LogP contribution in [0.3, 0.4) is 0 Å². The van der Waals surface area contributed by atoms with Crippen LogP contribution in [0, 0.1) is 17.3 Å². The van der Waals surface area contributed by atoms with Crippen LogP contribution in [0.1, 0.15) is 15.9 Å². The van der Waals surface area contributed by atoms with E-state index in [1.165, 1.54) is 24.3 Å². The highest BCUT2D eigenvalue weighted by Crippen LogP contribution is 2.23. The van der Waals surface area contributed by atoms with E-state index in [2.05, 4.69) is 0 Å². The highest BCUT2D eigenvalue weighted by atomic mass is 32.2. The van der Waals surface area contributed by atoms with Gasteiger partial charge in [-0.25, -0.2) is 13.1 Å². The largest absolute Gasteiger partial charge is 0.710 e. The Hall–Kier alpha value is -3.20. The fraction of sp³-hybridized carbons (Fsp3) is 0.0625. The van der Waals surface area contributed by atoms with Gasteiger partial charge in [-0.15, -0.1) is 4.73 Å². The van der Waals surface area contributed by atoms with Gasteiger partial charge in [0.05, 0.1) is 4.90 Å². The monoisotopic (exact) mass is 359 g/mol. The van der Waals surface area contributed by atoms with Crippen LogP contribution in [-0.2, 0) is 9.84 Å². The number of carbonyl (C=O) groups is 1. The number of nitrogens with zero attached hydrogens (tertiary/aromatic N) is 2. The molecule has 0 radical (unpaired) electrons. The Morgan fingerprint density at radius 1 is 1.00 bits per heavy atom. The number of nitrogen functional groups attached to an aromatic ring is 1. The number of benzene rings is 2. The van der Waals surface area contributed by atoms with Crippen molar-refractivity contribution < 1.29 is 22.7 Å². The minimum atomic E-state index is -4.33. The van der Waals surface area contributed by atoms with E-state index >= 15 is 0 Å². The normalized spacial score (nSPS) is 11.6. The first-order valence-electron chi connectivity index (χ1n) is 7.12. The number of nitrogens with two attached hydrogens (primary N) is 1. The Morgan fingerprint density at radius 3 is 2.24 bits per heavy atom. The predicted octanol–water partition coefficient (Wildman–Crippen LogP) is 0.643. The minimum absolute atomic E-state index is 0.0707. The van der Waals surface area contributed by atoms with E-state index in [1.54, 1.807) is 19.1 Å². The molecule has 0 unspecified atom stereocenters. The second-order valence-corrected chi connectivity index (χ2v) is 7.33. The van der Waals surface area contributed by atoms with Crippen molar-refractivity contribution in [3.63, 3.8) is 0 Å². The van der Waals surface area contributed by atoms with Crippen molar-refractivity contribution in [3.8, 4) is 0 Å². The Kier molecular flexibility index (Phi) is 3.80. The molecule has 3 aromatic rings. The molecule has 3 rings (SSSR count). The van der Waals surface area contributed by atoms with Crippen LogP contribution in [0.2, 0.25) is 0 Å². The summed E-state index contributed by atoms with van der Waals surface area (Å²) in [6, 6.07) is 9.48. The standard InChI is InChI=1S/C16H13N3O5S/c1-10-2-5-12(6-3-10)25(23,24)16-15(17)18(21)13-7-4-11(9-20)8-14(13)19(16)22/h2-9H,17H2,1H3. The smallest absolute Gasteiger partial charge is 0.403 e. The molecule has 0 bridgehead atoms. The average molecular weight is 359 g/mol. The summed E-state index contributed by atoms with van der Waals surface area (Å²) in [7, 11) is -4.33. The predicted molar refractivity (Wildman–Crippen MR) is 88.3 cm³/mol. The first kappa shape index (κ1) is 16.7. The highest BCUT2D eigenvalue weighted by molar-refractivity contribution is 7.91. The number of anilines is 1. The molecule has 0 saturated carbocycles. The maximum absolute atomic E-state index is 12.8. The van der Waals surface area contributed by atoms with Gasteiger partial charge in [-0.1, -0.05) is 17.7 Å². The van der Waals surface area contributed by atoms with Crippen molar-refractivity contribution >= 4 is 33.0 Å². The summed E-state index contributed by atoms with van der Waals surface area (Å²) in [5, 5.41) is 24.1. The van der Waals surface area contributed by atoms with Crippen LogP contribution < -0.4 is 15.2 Å². The molecule has 8 nitrogen and oxygen atoms in total. The first-order chi connectivity index (χ1) is 11.8. The lowest BCUT2D eigenvalue weighted by molar-refractivity contribution is -0.651. The number of hydrogen-bond acceptors (Lipinski definition) is 6. The van der Waals surface area contributed by atoms with Gasteiger partial charge < -0.3 is 10.4 Å². The van der Waals surface area contributed by atoms with Crippen molar-refractivity contribution in [1.29, 1.82) is 0 Å². The van der Waals surface area contributed by atoms with Crippen LogP contribution in [0.5, 0.6) is 0 Å². The summed E-state index contributed by atoms with van der Waals surface area (Å²) < 4.78 is 25.9. The van der Waals surface area contributed by atoms with Crippen molar-refractivity contribution in [3.05, 3.63) is 64.0 Å². The lowest BCUT2D eigenvalue weighted by Crippen LogP contribution is -2.45. The molecule has 0 fully saturated rings. The van der Waals surface area contributed by atoms with E-state index in [0.717, 1.165) is 11.6 Å². The molecule has 0 aliphatic carbocycles. The lowest BCUT2D eigenvalue weighted by Gasteiger charge is -2.13. The second-order valence-electron chi connectivity index (χ2n) is 5.46. The third-order valence-electron chi connectivity index (χ3n) is 3.78. The summed E-state index contributed by atoms with van der Waals surface area (Å²) in [5.41, 5.74) is 6.21. The number of sulfone groups is 1. The minimum Gasteiger partial charge on any atom is -0.710 e. The molecule has 0 aliphatic heterocycles. The van der Waals surface area contributed by atoms with Crippen molar-refractivity contribution in [2.24, 2.45) is 0 Å². The van der Waals surface area contributed by atoms with E-state index in [1.807, 2.05) is 0 Å². The number of aryl methyl sites for hydroxylation is 1. The molecule has 1 aromatic heterocycles. The van der Waals surface area contributed by atoms with Gasteiger partial charge in [0.2, 0.25) is 5.52 Å². The van der Waals surface area contributed by atoms with Crippen LogP contribution in [0.15, 0.2) is 52.4 Å². The van der Waals surface area contributed by atoms with Gasteiger partial charge in [-0.2, -0.15) is 0 Å². The summed E-state index contributed by atoms with van der Waals surface area (Å²) >= 11 is 0. The van der Waals surface area contributed by atoms with Crippen LogP contribution in [-0.4, -0.2) is 14.7 Å². The third-order valence-corrected chi connectivity index (χ3v) is 5.56. The number of hydrogen-bond donors (Lipinski definition) is 1. The Labute approximate surface area is 142 Å².